The summed E-state index contributed by atoms with van der Waals surface area (Å²) in [5.41, 5.74) is 3.09. The Morgan fingerprint density at radius 3 is 2.30 bits per heavy atom. The van der Waals surface area contributed by atoms with Crippen LogP contribution in [-0.4, -0.2) is 14.9 Å². The second-order valence-corrected chi connectivity index (χ2v) is 13.2. The summed E-state index contributed by atoms with van der Waals surface area (Å²) in [6.07, 6.45) is 16.3. The third kappa shape index (κ3) is 4.07. The van der Waals surface area contributed by atoms with Crippen LogP contribution in [0.3, 0.4) is 0 Å². The molecule has 2 heteroatoms. The first-order chi connectivity index (χ1) is 13.1. The molecule has 2 atom stereocenters. The standard InChI is InChI=1S/C25H36OSi/c1-5-27(6-2,7-3)26-20-12-19-25(4,22-14-9-10-15-22)24-18-17-21-13-8-11-16-23(21)24/h8-11,13-18,22,24H,5-7,12,19-20H2,1-4H3. The van der Waals surface area contributed by atoms with Gasteiger partial charge in [0.05, 0.1) is 0 Å². The van der Waals surface area contributed by atoms with Gasteiger partial charge in [-0.2, -0.15) is 0 Å². The molecule has 0 aromatic heterocycles. The highest BCUT2D eigenvalue weighted by molar-refractivity contribution is 6.73. The summed E-state index contributed by atoms with van der Waals surface area (Å²) < 4.78 is 6.55. The molecule has 0 amide bonds. The van der Waals surface area contributed by atoms with Crippen LogP contribution in [0.15, 0.2) is 54.6 Å². The maximum atomic E-state index is 6.55. The normalized spacial score (nSPS) is 21.0. The summed E-state index contributed by atoms with van der Waals surface area (Å²) in [4.78, 5) is 0. The number of rotatable bonds is 10. The van der Waals surface area contributed by atoms with Crippen molar-refractivity contribution in [1.82, 2.24) is 0 Å². The molecule has 2 unspecified atom stereocenters. The number of fused-ring (bicyclic) bond motifs is 1. The van der Waals surface area contributed by atoms with Gasteiger partial charge in [-0.25, -0.2) is 0 Å². The van der Waals surface area contributed by atoms with Gasteiger partial charge >= 0.3 is 0 Å². The zero-order valence-corrected chi connectivity index (χ0v) is 18.6. The van der Waals surface area contributed by atoms with Gasteiger partial charge in [0.1, 0.15) is 0 Å². The van der Waals surface area contributed by atoms with Crippen LogP contribution in [0, 0.1) is 11.3 Å². The van der Waals surface area contributed by atoms with E-state index in [1.54, 1.807) is 0 Å². The van der Waals surface area contributed by atoms with Gasteiger partial charge in [-0.05, 0) is 47.5 Å². The fourth-order valence-corrected chi connectivity index (χ4v) is 7.71. The van der Waals surface area contributed by atoms with Crippen molar-refractivity contribution in [2.75, 3.05) is 6.61 Å². The predicted octanol–water partition coefficient (Wildman–Crippen LogP) is 7.35. The highest BCUT2D eigenvalue weighted by Crippen LogP contribution is 2.51. The average Bonchev–Trinajstić information content (AvgIpc) is 3.39. The van der Waals surface area contributed by atoms with Gasteiger partial charge in [0.25, 0.3) is 0 Å². The maximum absolute atomic E-state index is 6.55. The van der Waals surface area contributed by atoms with Crippen LogP contribution in [0.5, 0.6) is 0 Å². The molecular weight excluding hydrogens is 344 g/mol. The third-order valence-electron chi connectivity index (χ3n) is 7.22. The lowest BCUT2D eigenvalue weighted by atomic mass is 9.64. The first-order valence-corrected chi connectivity index (χ1v) is 13.4. The van der Waals surface area contributed by atoms with Crippen molar-refractivity contribution in [3.8, 4) is 0 Å². The second-order valence-electron chi connectivity index (χ2n) is 8.46. The van der Waals surface area contributed by atoms with Gasteiger partial charge in [0.15, 0.2) is 8.32 Å². The summed E-state index contributed by atoms with van der Waals surface area (Å²) in [5, 5.41) is 0. The van der Waals surface area contributed by atoms with Crippen molar-refractivity contribution < 1.29 is 4.43 Å². The van der Waals surface area contributed by atoms with E-state index >= 15 is 0 Å². The van der Waals surface area contributed by atoms with E-state index in [2.05, 4.69) is 88.4 Å². The van der Waals surface area contributed by atoms with Gasteiger partial charge in [-0.15, -0.1) is 0 Å². The Balaban J connectivity index is 1.73. The Hall–Kier alpha value is -1.38. The number of benzene rings is 1. The van der Waals surface area contributed by atoms with Gasteiger partial charge in [0, 0.05) is 18.4 Å². The molecule has 0 spiro atoms. The summed E-state index contributed by atoms with van der Waals surface area (Å²) in [5.74, 6) is 0.987. The fraction of sp³-hybridized carbons (Fsp3) is 0.520. The molecular formula is C25H36OSi. The molecule has 1 aromatic rings. The number of allylic oxidation sites excluding steroid dienone is 5. The van der Waals surface area contributed by atoms with Crippen molar-refractivity contribution >= 4 is 14.4 Å². The molecule has 146 valence electrons. The predicted molar refractivity (Wildman–Crippen MR) is 120 cm³/mol. The van der Waals surface area contributed by atoms with Crippen molar-refractivity contribution in [1.29, 1.82) is 0 Å². The average molecular weight is 381 g/mol. The summed E-state index contributed by atoms with van der Waals surface area (Å²) in [7, 11) is -1.48. The van der Waals surface area contributed by atoms with E-state index in [1.165, 1.54) is 35.7 Å². The minimum absolute atomic E-state index is 0.199. The quantitative estimate of drug-likeness (QED) is 0.304. The van der Waals surface area contributed by atoms with E-state index in [1.807, 2.05) is 0 Å². The van der Waals surface area contributed by atoms with Crippen LogP contribution in [-0.2, 0) is 4.43 Å². The molecule has 0 N–H and O–H groups in total. The molecule has 3 rings (SSSR count). The lowest BCUT2D eigenvalue weighted by molar-refractivity contribution is 0.185. The van der Waals surface area contributed by atoms with E-state index in [0.717, 1.165) is 13.0 Å². The highest BCUT2D eigenvalue weighted by atomic mass is 28.4. The third-order valence-corrected chi connectivity index (χ3v) is 11.9. The molecule has 1 aromatic carbocycles. The smallest absolute Gasteiger partial charge is 0.191 e. The molecule has 0 saturated heterocycles. The van der Waals surface area contributed by atoms with Crippen LogP contribution in [0.25, 0.3) is 6.08 Å². The molecule has 1 nitrogen and oxygen atoms in total. The Kier molecular flexibility index (Phi) is 6.59. The molecule has 0 aliphatic heterocycles. The maximum Gasteiger partial charge on any atom is 0.191 e. The number of hydrogen-bond donors (Lipinski definition) is 0. The monoisotopic (exact) mass is 380 g/mol. The summed E-state index contributed by atoms with van der Waals surface area (Å²) in [6.45, 7) is 10.4. The van der Waals surface area contributed by atoms with Gasteiger partial charge < -0.3 is 4.43 Å². The highest BCUT2D eigenvalue weighted by Gasteiger charge is 2.41. The molecule has 2 aliphatic carbocycles. The zero-order chi connectivity index (χ0) is 19.3. The van der Waals surface area contributed by atoms with Crippen LogP contribution in [0.1, 0.15) is 57.6 Å². The Bertz CT molecular complexity index is 693. The van der Waals surface area contributed by atoms with E-state index < -0.39 is 8.32 Å². The largest absolute Gasteiger partial charge is 0.417 e. The molecule has 27 heavy (non-hydrogen) atoms. The lowest BCUT2D eigenvalue weighted by Gasteiger charge is -2.40. The van der Waals surface area contributed by atoms with Crippen molar-refractivity contribution in [2.45, 2.75) is 64.6 Å². The Labute approximate surface area is 167 Å². The molecule has 2 aliphatic rings. The van der Waals surface area contributed by atoms with Crippen molar-refractivity contribution in [3.63, 3.8) is 0 Å². The van der Waals surface area contributed by atoms with E-state index in [4.69, 9.17) is 4.43 Å². The SMILES string of the molecule is CC[Si](CC)(CC)OCCCC(C)(C1C=CC=C1)C1C=Cc2ccccc21. The minimum Gasteiger partial charge on any atom is -0.417 e. The number of hydrogen-bond acceptors (Lipinski definition) is 1. The summed E-state index contributed by atoms with van der Waals surface area (Å²) in [6, 6.07) is 12.6. The van der Waals surface area contributed by atoms with E-state index in [9.17, 15) is 0 Å². The Morgan fingerprint density at radius 2 is 1.63 bits per heavy atom. The van der Waals surface area contributed by atoms with Crippen LogP contribution in [0.2, 0.25) is 18.1 Å². The molecule has 0 heterocycles. The van der Waals surface area contributed by atoms with Crippen LogP contribution >= 0.6 is 0 Å². The fourth-order valence-electron chi connectivity index (χ4n) is 5.02. The topological polar surface area (TPSA) is 9.23 Å². The molecule has 0 radical (unpaired) electrons. The van der Waals surface area contributed by atoms with Gasteiger partial charge in [-0.3, -0.25) is 0 Å². The van der Waals surface area contributed by atoms with Crippen molar-refractivity contribution in [2.24, 2.45) is 11.3 Å². The van der Waals surface area contributed by atoms with Crippen LogP contribution in [0.4, 0.5) is 0 Å². The Morgan fingerprint density at radius 1 is 0.963 bits per heavy atom. The molecule has 0 bridgehead atoms. The molecule has 0 saturated carbocycles. The second kappa shape index (κ2) is 8.75. The minimum atomic E-state index is -1.48. The first-order valence-electron chi connectivity index (χ1n) is 10.8. The zero-order valence-electron chi connectivity index (χ0n) is 17.6. The first kappa shape index (κ1) is 20.4. The van der Waals surface area contributed by atoms with Crippen molar-refractivity contribution in [3.05, 3.63) is 65.8 Å². The summed E-state index contributed by atoms with van der Waals surface area (Å²) >= 11 is 0. The van der Waals surface area contributed by atoms with Crippen LogP contribution < -0.4 is 0 Å². The lowest BCUT2D eigenvalue weighted by Crippen LogP contribution is -2.37. The van der Waals surface area contributed by atoms with E-state index in [-0.39, 0.29) is 5.41 Å². The van der Waals surface area contributed by atoms with Gasteiger partial charge in [-0.1, -0.05) is 88.4 Å². The van der Waals surface area contributed by atoms with Gasteiger partial charge in [0.2, 0.25) is 0 Å². The molecule has 0 fully saturated rings. The van der Waals surface area contributed by atoms with E-state index in [0.29, 0.717) is 11.8 Å².